The Morgan fingerprint density at radius 2 is 2.12 bits per heavy atom. The van der Waals surface area contributed by atoms with Gasteiger partial charge < -0.3 is 4.74 Å². The Morgan fingerprint density at radius 3 is 2.25 bits per heavy atom. The maximum Gasteiger partial charge on any atom is 0.176 e. The molecule has 3 nitrogen and oxygen atoms in total. The van der Waals surface area contributed by atoms with Gasteiger partial charge in [0.05, 0.1) is 0 Å². The SMILES string of the molecule is CCOC(CC)ON. The topological polar surface area (TPSA) is 44.5 Å². The van der Waals surface area contributed by atoms with E-state index in [9.17, 15) is 0 Å². The number of nitrogens with two attached hydrogens (primary N) is 1. The van der Waals surface area contributed by atoms with E-state index in [0.717, 1.165) is 6.42 Å². The van der Waals surface area contributed by atoms with Gasteiger partial charge in [-0.05, 0) is 13.3 Å². The molecular weight excluding hydrogens is 106 g/mol. The quantitative estimate of drug-likeness (QED) is 0.436. The van der Waals surface area contributed by atoms with Gasteiger partial charge in [-0.25, -0.2) is 5.90 Å². The van der Waals surface area contributed by atoms with Crippen molar-refractivity contribution < 1.29 is 9.57 Å². The Morgan fingerprint density at radius 1 is 1.50 bits per heavy atom. The minimum absolute atomic E-state index is 0.222. The molecule has 2 N–H and O–H groups in total. The smallest absolute Gasteiger partial charge is 0.176 e. The normalized spacial score (nSPS) is 13.9. The van der Waals surface area contributed by atoms with Crippen LogP contribution in [0.15, 0.2) is 0 Å². The Kier molecular flexibility index (Phi) is 4.95. The fraction of sp³-hybridized carbons (Fsp3) is 1.00. The van der Waals surface area contributed by atoms with E-state index in [0.29, 0.717) is 6.61 Å². The number of rotatable bonds is 4. The van der Waals surface area contributed by atoms with Crippen molar-refractivity contribution >= 4 is 0 Å². The summed E-state index contributed by atoms with van der Waals surface area (Å²) in [6, 6.07) is 0. The summed E-state index contributed by atoms with van der Waals surface area (Å²) in [7, 11) is 0. The molecule has 1 atom stereocenters. The molecule has 0 aromatic carbocycles. The van der Waals surface area contributed by atoms with Gasteiger partial charge in [0.15, 0.2) is 6.29 Å². The minimum atomic E-state index is -0.222. The van der Waals surface area contributed by atoms with Crippen molar-refractivity contribution in [2.24, 2.45) is 5.90 Å². The second-order valence-electron chi connectivity index (χ2n) is 1.43. The van der Waals surface area contributed by atoms with Crippen LogP contribution in [0.2, 0.25) is 0 Å². The van der Waals surface area contributed by atoms with Crippen LogP contribution < -0.4 is 5.90 Å². The van der Waals surface area contributed by atoms with Crippen molar-refractivity contribution in [3.63, 3.8) is 0 Å². The van der Waals surface area contributed by atoms with Gasteiger partial charge in [-0.15, -0.1) is 0 Å². The molecule has 0 aromatic heterocycles. The second kappa shape index (κ2) is 5.03. The lowest BCUT2D eigenvalue weighted by molar-refractivity contribution is -0.142. The van der Waals surface area contributed by atoms with Crippen LogP contribution in [0.1, 0.15) is 20.3 Å². The van der Waals surface area contributed by atoms with E-state index in [2.05, 4.69) is 4.84 Å². The highest BCUT2D eigenvalue weighted by Gasteiger charge is 2.00. The van der Waals surface area contributed by atoms with Crippen LogP contribution in [0.4, 0.5) is 0 Å². The number of ether oxygens (including phenoxy) is 1. The summed E-state index contributed by atoms with van der Waals surface area (Å²) in [5.41, 5.74) is 0. The summed E-state index contributed by atoms with van der Waals surface area (Å²) in [6.07, 6.45) is 0.574. The predicted octanol–water partition coefficient (Wildman–Crippen LogP) is 0.649. The minimum Gasteiger partial charge on any atom is -0.351 e. The van der Waals surface area contributed by atoms with Crippen molar-refractivity contribution in [3.8, 4) is 0 Å². The van der Waals surface area contributed by atoms with E-state index in [1.165, 1.54) is 0 Å². The van der Waals surface area contributed by atoms with E-state index < -0.39 is 0 Å². The summed E-state index contributed by atoms with van der Waals surface area (Å²) >= 11 is 0. The van der Waals surface area contributed by atoms with Gasteiger partial charge in [-0.3, -0.25) is 4.84 Å². The molecule has 0 aliphatic carbocycles. The van der Waals surface area contributed by atoms with E-state index >= 15 is 0 Å². The van der Waals surface area contributed by atoms with Crippen LogP contribution in [-0.2, 0) is 9.57 Å². The van der Waals surface area contributed by atoms with E-state index in [1.807, 2.05) is 13.8 Å². The summed E-state index contributed by atoms with van der Waals surface area (Å²) in [6.45, 7) is 4.50. The highest BCUT2D eigenvalue weighted by Crippen LogP contribution is 1.94. The third-order valence-electron chi connectivity index (χ3n) is 0.838. The molecule has 50 valence electrons. The second-order valence-corrected chi connectivity index (χ2v) is 1.43. The van der Waals surface area contributed by atoms with Crippen molar-refractivity contribution in [3.05, 3.63) is 0 Å². The van der Waals surface area contributed by atoms with Crippen LogP contribution in [0.25, 0.3) is 0 Å². The third kappa shape index (κ3) is 2.96. The average Bonchev–Trinajstić information content (AvgIpc) is 1.83. The molecule has 0 bridgehead atoms. The Labute approximate surface area is 49.7 Å². The van der Waals surface area contributed by atoms with Crippen LogP contribution in [0, 0.1) is 0 Å². The highest BCUT2D eigenvalue weighted by molar-refractivity contribution is 4.33. The van der Waals surface area contributed by atoms with Gasteiger partial charge in [0.1, 0.15) is 0 Å². The first kappa shape index (κ1) is 7.88. The third-order valence-corrected chi connectivity index (χ3v) is 0.838. The van der Waals surface area contributed by atoms with Crippen LogP contribution >= 0.6 is 0 Å². The molecule has 0 aliphatic heterocycles. The molecule has 0 heterocycles. The monoisotopic (exact) mass is 119 g/mol. The maximum atomic E-state index is 4.99. The summed E-state index contributed by atoms with van der Waals surface area (Å²) in [5, 5.41) is 0. The zero-order chi connectivity index (χ0) is 6.41. The largest absolute Gasteiger partial charge is 0.351 e. The standard InChI is InChI=1S/C5H13NO2/c1-3-5(8-6)7-4-2/h5H,3-4,6H2,1-2H3. The number of hydrogen-bond donors (Lipinski definition) is 1. The molecule has 0 radical (unpaired) electrons. The Balaban J connectivity index is 3.07. The summed E-state index contributed by atoms with van der Waals surface area (Å²) < 4.78 is 4.99. The molecule has 0 rings (SSSR count). The Hall–Kier alpha value is -0.120. The maximum absolute atomic E-state index is 4.99. The lowest BCUT2D eigenvalue weighted by Gasteiger charge is -2.10. The molecule has 3 heteroatoms. The van der Waals surface area contributed by atoms with E-state index in [-0.39, 0.29) is 6.29 Å². The summed E-state index contributed by atoms with van der Waals surface area (Å²) in [4.78, 5) is 4.42. The Bertz CT molecular complexity index is 45.7. The lowest BCUT2D eigenvalue weighted by Crippen LogP contribution is -2.19. The van der Waals surface area contributed by atoms with E-state index in [1.54, 1.807) is 0 Å². The highest BCUT2D eigenvalue weighted by atomic mass is 16.7. The fourth-order valence-corrected chi connectivity index (χ4v) is 0.439. The number of hydrogen-bond acceptors (Lipinski definition) is 3. The summed E-state index contributed by atoms with van der Waals surface area (Å²) in [5.74, 6) is 4.84. The van der Waals surface area contributed by atoms with Gasteiger partial charge in [0.2, 0.25) is 0 Å². The zero-order valence-electron chi connectivity index (χ0n) is 5.39. The average molecular weight is 119 g/mol. The first-order valence-corrected chi connectivity index (χ1v) is 2.82. The lowest BCUT2D eigenvalue weighted by atomic mass is 10.5. The molecule has 0 aliphatic rings. The van der Waals surface area contributed by atoms with Crippen molar-refractivity contribution in [2.45, 2.75) is 26.6 Å². The van der Waals surface area contributed by atoms with Crippen LogP contribution in [0.5, 0.6) is 0 Å². The van der Waals surface area contributed by atoms with E-state index in [4.69, 9.17) is 10.6 Å². The molecule has 1 unspecified atom stereocenters. The predicted molar refractivity (Wildman–Crippen MR) is 31.0 cm³/mol. The van der Waals surface area contributed by atoms with Gasteiger partial charge in [-0.1, -0.05) is 6.92 Å². The van der Waals surface area contributed by atoms with Crippen molar-refractivity contribution in [1.82, 2.24) is 0 Å². The van der Waals surface area contributed by atoms with Gasteiger partial charge in [0.25, 0.3) is 0 Å². The fourth-order valence-electron chi connectivity index (χ4n) is 0.439. The first-order valence-electron chi connectivity index (χ1n) is 2.82. The van der Waals surface area contributed by atoms with Crippen molar-refractivity contribution in [2.75, 3.05) is 6.61 Å². The molecule has 0 fully saturated rings. The molecule has 8 heavy (non-hydrogen) atoms. The zero-order valence-corrected chi connectivity index (χ0v) is 5.39. The van der Waals surface area contributed by atoms with Crippen LogP contribution in [0.3, 0.4) is 0 Å². The molecule has 0 aromatic rings. The molecule has 0 amide bonds. The van der Waals surface area contributed by atoms with Gasteiger partial charge >= 0.3 is 0 Å². The molecule has 0 saturated heterocycles. The van der Waals surface area contributed by atoms with Crippen LogP contribution in [-0.4, -0.2) is 12.9 Å². The van der Waals surface area contributed by atoms with Gasteiger partial charge in [0, 0.05) is 6.61 Å². The molecule has 0 spiro atoms. The van der Waals surface area contributed by atoms with Crippen molar-refractivity contribution in [1.29, 1.82) is 0 Å². The first-order chi connectivity index (χ1) is 3.85. The van der Waals surface area contributed by atoms with Gasteiger partial charge in [-0.2, -0.15) is 0 Å². The molecule has 0 saturated carbocycles. The molecular formula is C5H13NO2.